The van der Waals surface area contributed by atoms with Crippen molar-refractivity contribution < 1.29 is 9.53 Å². The highest BCUT2D eigenvalue weighted by molar-refractivity contribution is 5.99. The molecule has 94 valence electrons. The number of nitrogens with two attached hydrogens (primary N) is 1. The van der Waals surface area contributed by atoms with Gasteiger partial charge in [0.05, 0.1) is 5.69 Å². The van der Waals surface area contributed by atoms with Crippen LogP contribution in [0.25, 0.3) is 0 Å². The van der Waals surface area contributed by atoms with Gasteiger partial charge in [0.25, 0.3) is 0 Å². The number of aryl methyl sites for hydroxylation is 2. The van der Waals surface area contributed by atoms with E-state index in [4.69, 9.17) is 10.5 Å². The highest BCUT2D eigenvalue weighted by Gasteiger charge is 2.08. The number of hydrogen-bond acceptors (Lipinski definition) is 4. The Morgan fingerprint density at radius 1 is 1.39 bits per heavy atom. The van der Waals surface area contributed by atoms with E-state index < -0.39 is 0 Å². The molecule has 0 radical (unpaired) electrons. The summed E-state index contributed by atoms with van der Waals surface area (Å²) in [4.78, 5) is 11.3. The van der Waals surface area contributed by atoms with E-state index in [1.807, 2.05) is 13.0 Å². The smallest absolute Gasteiger partial charge is 0.217 e. The molecule has 0 aliphatic heterocycles. The molecular weight excluding hydrogens is 230 g/mol. The van der Waals surface area contributed by atoms with Crippen molar-refractivity contribution in [1.29, 1.82) is 0 Å². The Hall–Kier alpha value is -2.30. The summed E-state index contributed by atoms with van der Waals surface area (Å²) in [6.45, 7) is 3.37. The number of rotatable bonds is 3. The number of Topliss-reactive ketones (excluding diaryl/α,β-unsaturated/α-hetero) is 1. The number of ketones is 1. The van der Waals surface area contributed by atoms with Gasteiger partial charge in [0, 0.05) is 30.4 Å². The molecule has 2 aromatic rings. The summed E-state index contributed by atoms with van der Waals surface area (Å²) in [5.41, 5.74) is 7.59. The third-order valence-electron chi connectivity index (χ3n) is 2.58. The highest BCUT2D eigenvalue weighted by atomic mass is 16.5. The summed E-state index contributed by atoms with van der Waals surface area (Å²) in [5.74, 6) is 1.15. The predicted molar refractivity (Wildman–Crippen MR) is 68.9 cm³/mol. The number of benzene rings is 1. The first kappa shape index (κ1) is 12.2. The second-order valence-electron chi connectivity index (χ2n) is 4.15. The average molecular weight is 245 g/mol. The minimum Gasteiger partial charge on any atom is -0.439 e. The summed E-state index contributed by atoms with van der Waals surface area (Å²) in [6, 6.07) is 6.85. The molecule has 1 heterocycles. The van der Waals surface area contributed by atoms with Crippen LogP contribution in [0.1, 0.15) is 23.0 Å². The molecule has 5 nitrogen and oxygen atoms in total. The molecule has 0 saturated heterocycles. The summed E-state index contributed by atoms with van der Waals surface area (Å²) >= 11 is 0. The maximum Gasteiger partial charge on any atom is 0.217 e. The van der Waals surface area contributed by atoms with Crippen LogP contribution >= 0.6 is 0 Å². The monoisotopic (exact) mass is 245 g/mol. The van der Waals surface area contributed by atoms with Gasteiger partial charge >= 0.3 is 0 Å². The molecule has 0 spiro atoms. The molecule has 0 unspecified atom stereocenters. The lowest BCUT2D eigenvalue weighted by Gasteiger charge is -2.08. The lowest BCUT2D eigenvalue weighted by molar-refractivity contribution is 0.101. The van der Waals surface area contributed by atoms with E-state index in [9.17, 15) is 4.79 Å². The van der Waals surface area contributed by atoms with E-state index in [1.165, 1.54) is 6.92 Å². The van der Waals surface area contributed by atoms with Gasteiger partial charge in [-0.2, -0.15) is 5.10 Å². The Kier molecular flexibility index (Phi) is 3.06. The Morgan fingerprint density at radius 2 is 2.11 bits per heavy atom. The van der Waals surface area contributed by atoms with Crippen molar-refractivity contribution in [2.45, 2.75) is 13.8 Å². The number of nitrogens with zero attached hydrogens (tertiary/aromatic N) is 2. The topological polar surface area (TPSA) is 70.1 Å². The Labute approximate surface area is 105 Å². The van der Waals surface area contributed by atoms with Crippen LogP contribution < -0.4 is 10.5 Å². The molecule has 0 bridgehead atoms. The van der Waals surface area contributed by atoms with Gasteiger partial charge in [0.15, 0.2) is 5.78 Å². The lowest BCUT2D eigenvalue weighted by Crippen LogP contribution is -2.00. The lowest BCUT2D eigenvalue weighted by atomic mass is 10.1. The first-order valence-electron chi connectivity index (χ1n) is 5.56. The molecule has 2 N–H and O–H groups in total. The third kappa shape index (κ3) is 2.34. The molecule has 1 aromatic carbocycles. The molecule has 0 saturated carbocycles. The number of anilines is 1. The molecule has 0 aliphatic rings. The van der Waals surface area contributed by atoms with Crippen LogP contribution in [0.15, 0.2) is 24.3 Å². The Balaban J connectivity index is 2.28. The van der Waals surface area contributed by atoms with E-state index in [-0.39, 0.29) is 5.78 Å². The van der Waals surface area contributed by atoms with Gasteiger partial charge in [-0.05, 0) is 26.0 Å². The van der Waals surface area contributed by atoms with Crippen molar-refractivity contribution in [3.8, 4) is 11.6 Å². The number of ether oxygens (including phenoxy) is 1. The molecule has 18 heavy (non-hydrogen) atoms. The quantitative estimate of drug-likeness (QED) is 0.665. The summed E-state index contributed by atoms with van der Waals surface area (Å²) in [6.07, 6.45) is 0. The maximum atomic E-state index is 11.3. The van der Waals surface area contributed by atoms with E-state index in [0.29, 0.717) is 22.9 Å². The Bertz CT molecular complexity index is 602. The minimum atomic E-state index is -0.0598. The second-order valence-corrected chi connectivity index (χ2v) is 4.15. The van der Waals surface area contributed by atoms with Gasteiger partial charge in [0.1, 0.15) is 5.75 Å². The van der Waals surface area contributed by atoms with E-state index in [2.05, 4.69) is 5.10 Å². The SMILES string of the molecule is CC(=O)c1ccc(Oc2cc(C)nn2C)cc1N. The first-order valence-corrected chi connectivity index (χ1v) is 5.56. The van der Waals surface area contributed by atoms with Crippen molar-refractivity contribution in [2.75, 3.05) is 5.73 Å². The van der Waals surface area contributed by atoms with Gasteiger partial charge in [-0.25, -0.2) is 4.68 Å². The number of carbonyl (C=O) groups excluding carboxylic acids is 1. The molecule has 1 aromatic heterocycles. The average Bonchev–Trinajstić information content (AvgIpc) is 2.57. The Morgan fingerprint density at radius 3 is 2.61 bits per heavy atom. The number of hydrogen-bond donors (Lipinski definition) is 1. The zero-order chi connectivity index (χ0) is 13.3. The number of carbonyl (C=O) groups is 1. The standard InChI is InChI=1S/C13H15N3O2/c1-8-6-13(16(3)15-8)18-10-4-5-11(9(2)17)12(14)7-10/h4-7H,14H2,1-3H3. The van der Waals surface area contributed by atoms with Gasteiger partial charge in [-0.15, -0.1) is 0 Å². The van der Waals surface area contributed by atoms with Crippen LogP contribution in [0.5, 0.6) is 11.6 Å². The van der Waals surface area contributed by atoms with Crippen molar-refractivity contribution in [2.24, 2.45) is 7.05 Å². The molecular formula is C13H15N3O2. The fraction of sp³-hybridized carbons (Fsp3) is 0.231. The van der Waals surface area contributed by atoms with Crippen LogP contribution in [-0.4, -0.2) is 15.6 Å². The van der Waals surface area contributed by atoms with Crippen molar-refractivity contribution >= 4 is 11.5 Å². The van der Waals surface area contributed by atoms with E-state index in [1.54, 1.807) is 29.9 Å². The normalized spacial score (nSPS) is 10.4. The largest absolute Gasteiger partial charge is 0.439 e. The third-order valence-corrected chi connectivity index (χ3v) is 2.58. The van der Waals surface area contributed by atoms with Gasteiger partial charge in [0.2, 0.25) is 5.88 Å². The van der Waals surface area contributed by atoms with Crippen LogP contribution in [0.3, 0.4) is 0 Å². The molecule has 0 fully saturated rings. The predicted octanol–water partition coefficient (Wildman–Crippen LogP) is 2.31. The fourth-order valence-corrected chi connectivity index (χ4v) is 1.73. The zero-order valence-corrected chi connectivity index (χ0v) is 10.6. The summed E-state index contributed by atoms with van der Waals surface area (Å²) in [5, 5.41) is 4.18. The highest BCUT2D eigenvalue weighted by Crippen LogP contribution is 2.25. The van der Waals surface area contributed by atoms with Crippen molar-refractivity contribution in [1.82, 2.24) is 9.78 Å². The molecule has 2 rings (SSSR count). The molecule has 0 amide bonds. The molecule has 5 heteroatoms. The van der Waals surface area contributed by atoms with E-state index >= 15 is 0 Å². The van der Waals surface area contributed by atoms with Crippen molar-refractivity contribution in [3.63, 3.8) is 0 Å². The summed E-state index contributed by atoms with van der Waals surface area (Å²) < 4.78 is 7.30. The van der Waals surface area contributed by atoms with Gasteiger partial charge in [-0.1, -0.05) is 0 Å². The zero-order valence-electron chi connectivity index (χ0n) is 10.6. The van der Waals surface area contributed by atoms with Crippen molar-refractivity contribution in [3.05, 3.63) is 35.5 Å². The van der Waals surface area contributed by atoms with Crippen LogP contribution in [0.4, 0.5) is 5.69 Å². The van der Waals surface area contributed by atoms with Gasteiger partial charge in [-0.3, -0.25) is 4.79 Å². The van der Waals surface area contributed by atoms with Crippen LogP contribution in [0.2, 0.25) is 0 Å². The molecule has 0 aliphatic carbocycles. The maximum absolute atomic E-state index is 11.3. The van der Waals surface area contributed by atoms with E-state index in [0.717, 1.165) is 5.69 Å². The fourth-order valence-electron chi connectivity index (χ4n) is 1.73. The minimum absolute atomic E-state index is 0.0598. The van der Waals surface area contributed by atoms with Gasteiger partial charge < -0.3 is 10.5 Å². The number of nitrogen functional groups attached to an aromatic ring is 1. The summed E-state index contributed by atoms with van der Waals surface area (Å²) in [7, 11) is 1.80. The number of aromatic nitrogens is 2. The van der Waals surface area contributed by atoms with Crippen LogP contribution in [0, 0.1) is 6.92 Å². The first-order chi connectivity index (χ1) is 8.47. The second kappa shape index (κ2) is 4.52. The van der Waals surface area contributed by atoms with Crippen LogP contribution in [-0.2, 0) is 7.05 Å². The molecule has 0 atom stereocenters.